The number of hydrogen-bond donors (Lipinski definition) is 0. The number of rotatable bonds is 3. The molecule has 0 aliphatic heterocycles. The van der Waals surface area contributed by atoms with Gasteiger partial charge in [-0.3, -0.25) is 9.36 Å². The Kier molecular flexibility index (Phi) is 4.51. The maximum Gasteiger partial charge on any atom is 0.269 e. The van der Waals surface area contributed by atoms with Gasteiger partial charge in [0.2, 0.25) is 0 Å². The minimum atomic E-state index is -0.131. The fraction of sp³-hybridized carbons (Fsp3) is 0.115. The van der Waals surface area contributed by atoms with Crippen molar-refractivity contribution in [1.29, 1.82) is 0 Å². The van der Waals surface area contributed by atoms with Crippen LogP contribution in [0.15, 0.2) is 83.8 Å². The summed E-state index contributed by atoms with van der Waals surface area (Å²) in [6.07, 6.45) is 1.61. The third kappa shape index (κ3) is 3.34. The third-order valence-electron chi connectivity index (χ3n) is 5.34. The topological polar surface area (TPSA) is 52.7 Å². The van der Waals surface area contributed by atoms with Gasteiger partial charge in [-0.15, -0.1) is 0 Å². The quantitative estimate of drug-likeness (QED) is 0.416. The molecular formula is C26H22N4O. The number of benzene rings is 3. The molecule has 0 saturated carbocycles. The van der Waals surface area contributed by atoms with E-state index in [2.05, 4.69) is 17.2 Å². The first kappa shape index (κ1) is 19.0. The van der Waals surface area contributed by atoms with E-state index in [1.165, 1.54) is 0 Å². The zero-order chi connectivity index (χ0) is 21.5. The highest BCUT2D eigenvalue weighted by Gasteiger charge is 2.19. The number of nitrogens with zero attached hydrogens (tertiary/aromatic N) is 4. The lowest BCUT2D eigenvalue weighted by atomic mass is 10.1. The Morgan fingerprint density at radius 1 is 0.742 bits per heavy atom. The molecule has 0 unspecified atom stereocenters. The summed E-state index contributed by atoms with van der Waals surface area (Å²) in [5.74, 6) is 0.601. The normalized spacial score (nSPS) is 11.2. The molecule has 0 N–H and O–H groups in total. The van der Waals surface area contributed by atoms with Gasteiger partial charge in [-0.2, -0.15) is 5.10 Å². The molecule has 0 aliphatic rings. The molecule has 0 spiro atoms. The van der Waals surface area contributed by atoms with E-state index >= 15 is 0 Å². The summed E-state index contributed by atoms with van der Waals surface area (Å²) in [6.45, 7) is 6.11. The average Bonchev–Trinajstić information content (AvgIpc) is 3.18. The number of aromatic nitrogens is 4. The lowest BCUT2D eigenvalue weighted by Crippen LogP contribution is -2.22. The molecule has 0 fully saturated rings. The summed E-state index contributed by atoms with van der Waals surface area (Å²) >= 11 is 0. The number of hydrogen-bond acceptors (Lipinski definition) is 3. The van der Waals surface area contributed by atoms with E-state index in [1.54, 1.807) is 15.4 Å². The lowest BCUT2D eigenvalue weighted by Gasteiger charge is -2.15. The number of aryl methyl sites for hydroxylation is 3. The van der Waals surface area contributed by atoms with Gasteiger partial charge in [-0.25, -0.2) is 9.67 Å². The maximum atomic E-state index is 13.7. The van der Waals surface area contributed by atoms with Crippen LogP contribution in [0.4, 0.5) is 0 Å². The minimum Gasteiger partial charge on any atom is -0.268 e. The smallest absolute Gasteiger partial charge is 0.268 e. The van der Waals surface area contributed by atoms with Crippen LogP contribution in [-0.2, 0) is 0 Å². The third-order valence-corrected chi connectivity index (χ3v) is 5.34. The Morgan fingerprint density at radius 3 is 2.19 bits per heavy atom. The van der Waals surface area contributed by atoms with Crippen LogP contribution in [0.1, 0.15) is 16.7 Å². The van der Waals surface area contributed by atoms with Crippen LogP contribution in [0.5, 0.6) is 0 Å². The Labute approximate surface area is 180 Å². The molecule has 0 aliphatic carbocycles. The first-order valence-corrected chi connectivity index (χ1v) is 10.2. The number of fused-ring (bicyclic) bond motifs is 1. The van der Waals surface area contributed by atoms with Crippen molar-refractivity contribution in [2.24, 2.45) is 0 Å². The predicted molar refractivity (Wildman–Crippen MR) is 124 cm³/mol. The second-order valence-corrected chi connectivity index (χ2v) is 7.92. The van der Waals surface area contributed by atoms with Crippen LogP contribution in [0, 0.1) is 20.8 Å². The Bertz CT molecular complexity index is 1460. The van der Waals surface area contributed by atoms with E-state index in [9.17, 15) is 4.79 Å². The molecule has 0 bridgehead atoms. The van der Waals surface area contributed by atoms with Crippen LogP contribution < -0.4 is 5.56 Å². The summed E-state index contributed by atoms with van der Waals surface area (Å²) in [5.41, 5.74) is 6.27. The SMILES string of the molecule is Cc1cccc(-c2nc3c(cnn3-c3ccccc3)c(=O)n2-c2cc(C)cc(C)c2)c1. The van der Waals surface area contributed by atoms with Gasteiger partial charge in [0.15, 0.2) is 5.65 Å². The van der Waals surface area contributed by atoms with Crippen molar-refractivity contribution in [3.05, 3.63) is 106 Å². The summed E-state index contributed by atoms with van der Waals surface area (Å²) in [7, 11) is 0. The molecule has 0 saturated heterocycles. The van der Waals surface area contributed by atoms with E-state index < -0.39 is 0 Å². The van der Waals surface area contributed by atoms with Gasteiger partial charge in [0, 0.05) is 5.56 Å². The molecule has 0 amide bonds. The van der Waals surface area contributed by atoms with Gasteiger partial charge in [-0.1, -0.05) is 48.0 Å². The van der Waals surface area contributed by atoms with Gasteiger partial charge in [0.25, 0.3) is 5.56 Å². The molecule has 2 heterocycles. The zero-order valence-electron chi connectivity index (χ0n) is 17.7. The average molecular weight is 406 g/mol. The fourth-order valence-electron chi connectivity index (χ4n) is 4.02. The summed E-state index contributed by atoms with van der Waals surface area (Å²) < 4.78 is 3.43. The standard InChI is InChI=1S/C26H22N4O/c1-17-8-7-9-20(13-17)24-28-25-23(16-27-30(25)21-10-5-4-6-11-21)26(31)29(24)22-14-18(2)12-19(3)15-22/h4-16H,1-3H3. The monoisotopic (exact) mass is 406 g/mol. The predicted octanol–water partition coefficient (Wildman–Crippen LogP) is 5.16. The van der Waals surface area contributed by atoms with Crippen molar-refractivity contribution in [1.82, 2.24) is 19.3 Å². The van der Waals surface area contributed by atoms with Crippen molar-refractivity contribution in [2.75, 3.05) is 0 Å². The molecule has 0 radical (unpaired) electrons. The maximum absolute atomic E-state index is 13.7. The molecular weight excluding hydrogens is 384 g/mol. The van der Waals surface area contributed by atoms with E-state index in [-0.39, 0.29) is 5.56 Å². The minimum absolute atomic E-state index is 0.131. The highest BCUT2D eigenvalue weighted by atomic mass is 16.1. The molecule has 3 aromatic carbocycles. The van der Waals surface area contributed by atoms with Crippen molar-refractivity contribution in [3.8, 4) is 22.8 Å². The highest BCUT2D eigenvalue weighted by molar-refractivity contribution is 5.79. The van der Waals surface area contributed by atoms with Gasteiger partial charge in [0.05, 0.1) is 17.6 Å². The molecule has 5 nitrogen and oxygen atoms in total. The van der Waals surface area contributed by atoms with E-state index in [0.717, 1.165) is 33.6 Å². The second-order valence-electron chi connectivity index (χ2n) is 7.92. The highest BCUT2D eigenvalue weighted by Crippen LogP contribution is 2.25. The first-order chi connectivity index (χ1) is 15.0. The molecule has 5 heteroatoms. The second kappa shape index (κ2) is 7.36. The van der Waals surface area contributed by atoms with Crippen molar-refractivity contribution in [2.45, 2.75) is 20.8 Å². The molecule has 5 rings (SSSR count). The Morgan fingerprint density at radius 2 is 1.48 bits per heavy atom. The Balaban J connectivity index is 1.89. The van der Waals surface area contributed by atoms with E-state index in [4.69, 9.17) is 4.98 Å². The molecule has 31 heavy (non-hydrogen) atoms. The van der Waals surface area contributed by atoms with Gasteiger partial charge < -0.3 is 0 Å². The summed E-state index contributed by atoms with van der Waals surface area (Å²) in [5, 5.41) is 4.98. The van der Waals surface area contributed by atoms with E-state index in [1.807, 2.05) is 81.4 Å². The van der Waals surface area contributed by atoms with E-state index in [0.29, 0.717) is 16.9 Å². The van der Waals surface area contributed by atoms with Gasteiger partial charge in [0.1, 0.15) is 11.2 Å². The number of para-hydroxylation sites is 1. The van der Waals surface area contributed by atoms with Crippen LogP contribution in [0.25, 0.3) is 33.8 Å². The van der Waals surface area contributed by atoms with Crippen LogP contribution in [-0.4, -0.2) is 19.3 Å². The van der Waals surface area contributed by atoms with Crippen LogP contribution >= 0.6 is 0 Å². The van der Waals surface area contributed by atoms with Crippen LogP contribution in [0.2, 0.25) is 0 Å². The molecule has 2 aromatic heterocycles. The summed E-state index contributed by atoms with van der Waals surface area (Å²) in [6, 6.07) is 23.9. The lowest BCUT2D eigenvalue weighted by molar-refractivity contribution is 0.888. The molecule has 0 atom stereocenters. The molecule has 5 aromatic rings. The largest absolute Gasteiger partial charge is 0.269 e. The first-order valence-electron chi connectivity index (χ1n) is 10.2. The van der Waals surface area contributed by atoms with Crippen molar-refractivity contribution >= 4 is 11.0 Å². The van der Waals surface area contributed by atoms with Gasteiger partial charge >= 0.3 is 0 Å². The van der Waals surface area contributed by atoms with Gasteiger partial charge in [-0.05, 0) is 62.2 Å². The summed E-state index contributed by atoms with van der Waals surface area (Å²) in [4.78, 5) is 18.7. The van der Waals surface area contributed by atoms with Crippen molar-refractivity contribution < 1.29 is 0 Å². The Hall–Kier alpha value is -3.99. The fourth-order valence-corrected chi connectivity index (χ4v) is 4.02. The van der Waals surface area contributed by atoms with Crippen LogP contribution in [0.3, 0.4) is 0 Å². The molecule has 152 valence electrons. The zero-order valence-corrected chi connectivity index (χ0v) is 17.7. The van der Waals surface area contributed by atoms with Crippen molar-refractivity contribution in [3.63, 3.8) is 0 Å².